The maximum Gasteiger partial charge on any atom is 0.120 e. The molecule has 108 valence electrons. The van der Waals surface area contributed by atoms with E-state index in [2.05, 4.69) is 28.3 Å². The van der Waals surface area contributed by atoms with Crippen LogP contribution in [0, 0.1) is 0 Å². The van der Waals surface area contributed by atoms with Crippen LogP contribution in [0.1, 0.15) is 19.2 Å². The summed E-state index contributed by atoms with van der Waals surface area (Å²) in [6, 6.07) is 11.6. The fraction of sp³-hybridized carbons (Fsp3) is 0.235. The van der Waals surface area contributed by atoms with Crippen molar-refractivity contribution >= 4 is 10.8 Å². The minimum atomic E-state index is 0.293. The number of nitrogens with zero attached hydrogens (tertiary/aromatic N) is 1. The number of aromatic hydroxyl groups is 1. The van der Waals surface area contributed by atoms with E-state index in [4.69, 9.17) is 0 Å². The first-order chi connectivity index (χ1) is 10.3. The molecule has 1 heterocycles. The third kappa shape index (κ3) is 3.06. The van der Waals surface area contributed by atoms with E-state index in [1.807, 2.05) is 24.4 Å². The Kier molecular flexibility index (Phi) is 3.88. The highest BCUT2D eigenvalue weighted by Gasteiger charge is 2.04. The molecule has 0 saturated heterocycles. The van der Waals surface area contributed by atoms with Gasteiger partial charge >= 0.3 is 0 Å². The molecule has 0 spiro atoms. The minimum absolute atomic E-state index is 0.293. The molecule has 4 heteroatoms. The number of hydrogen-bond donors (Lipinski definition) is 3. The van der Waals surface area contributed by atoms with Crippen molar-refractivity contribution in [1.82, 2.24) is 15.3 Å². The molecule has 0 aliphatic rings. The van der Waals surface area contributed by atoms with E-state index in [-0.39, 0.29) is 0 Å². The summed E-state index contributed by atoms with van der Waals surface area (Å²) in [6.07, 6.45) is 2.98. The molecular weight excluding hydrogens is 262 g/mol. The monoisotopic (exact) mass is 281 g/mol. The highest BCUT2D eigenvalue weighted by Crippen LogP contribution is 2.25. The summed E-state index contributed by atoms with van der Waals surface area (Å²) in [5.41, 5.74) is 2.11. The Hall–Kier alpha value is -2.33. The van der Waals surface area contributed by atoms with Crippen molar-refractivity contribution < 1.29 is 5.11 Å². The van der Waals surface area contributed by atoms with Crippen molar-refractivity contribution in [2.24, 2.45) is 0 Å². The van der Waals surface area contributed by atoms with Gasteiger partial charge in [-0.2, -0.15) is 0 Å². The van der Waals surface area contributed by atoms with Gasteiger partial charge in [0.15, 0.2) is 0 Å². The standard InChI is InChI=1S/C17H19N3O/c1-2-7-18-11-17-19-10-16(20-17)14-4-3-13-9-15(21)6-5-12(13)8-14/h3-6,8-10,18,21H,2,7,11H2,1H3,(H,19,20). The molecule has 3 rings (SSSR count). The van der Waals surface area contributed by atoms with Gasteiger partial charge in [0.2, 0.25) is 0 Å². The third-order valence-electron chi connectivity index (χ3n) is 3.48. The fourth-order valence-electron chi connectivity index (χ4n) is 2.38. The van der Waals surface area contributed by atoms with E-state index in [1.54, 1.807) is 12.1 Å². The van der Waals surface area contributed by atoms with Gasteiger partial charge in [-0.15, -0.1) is 0 Å². The molecule has 0 fully saturated rings. The van der Waals surface area contributed by atoms with E-state index >= 15 is 0 Å². The molecule has 0 radical (unpaired) electrons. The minimum Gasteiger partial charge on any atom is -0.508 e. The van der Waals surface area contributed by atoms with E-state index in [1.165, 1.54) is 0 Å². The van der Waals surface area contributed by atoms with Gasteiger partial charge < -0.3 is 15.4 Å². The molecule has 0 saturated carbocycles. The quantitative estimate of drug-likeness (QED) is 0.628. The average Bonchev–Trinajstić information content (AvgIpc) is 2.96. The molecule has 3 aromatic rings. The van der Waals surface area contributed by atoms with Crippen molar-refractivity contribution in [3.05, 3.63) is 48.4 Å². The van der Waals surface area contributed by atoms with E-state index in [0.717, 1.165) is 47.4 Å². The largest absolute Gasteiger partial charge is 0.508 e. The number of aromatic nitrogens is 2. The summed E-state index contributed by atoms with van der Waals surface area (Å²) in [5.74, 6) is 1.24. The SMILES string of the molecule is CCCNCc1ncc(-c2ccc3cc(O)ccc3c2)[nH]1. The number of phenolic OH excluding ortho intramolecular Hbond substituents is 1. The van der Waals surface area contributed by atoms with Gasteiger partial charge in [-0.3, -0.25) is 0 Å². The van der Waals surface area contributed by atoms with E-state index < -0.39 is 0 Å². The smallest absolute Gasteiger partial charge is 0.120 e. The zero-order valence-electron chi connectivity index (χ0n) is 12.1. The summed E-state index contributed by atoms with van der Waals surface area (Å²) >= 11 is 0. The Balaban J connectivity index is 1.84. The number of hydrogen-bond acceptors (Lipinski definition) is 3. The Morgan fingerprint density at radius 2 is 1.95 bits per heavy atom. The molecule has 0 bridgehead atoms. The summed E-state index contributed by atoms with van der Waals surface area (Å²) in [6.45, 7) is 3.90. The molecule has 0 unspecified atom stereocenters. The summed E-state index contributed by atoms with van der Waals surface area (Å²) < 4.78 is 0. The van der Waals surface area contributed by atoms with Gasteiger partial charge in [-0.05, 0) is 41.9 Å². The second-order valence-electron chi connectivity index (χ2n) is 5.17. The number of phenols is 1. The number of H-pyrrole nitrogens is 1. The summed E-state index contributed by atoms with van der Waals surface area (Å²) in [7, 11) is 0. The van der Waals surface area contributed by atoms with E-state index in [0.29, 0.717) is 5.75 Å². The highest BCUT2D eigenvalue weighted by molar-refractivity contribution is 5.87. The van der Waals surface area contributed by atoms with Gasteiger partial charge in [0, 0.05) is 5.56 Å². The van der Waals surface area contributed by atoms with Crippen LogP contribution in [0.15, 0.2) is 42.6 Å². The normalized spacial score (nSPS) is 11.1. The molecule has 1 aromatic heterocycles. The number of imidazole rings is 1. The second kappa shape index (κ2) is 5.97. The van der Waals surface area contributed by atoms with Gasteiger partial charge in [-0.1, -0.05) is 25.1 Å². The zero-order valence-corrected chi connectivity index (χ0v) is 12.1. The average molecular weight is 281 g/mol. The first-order valence-corrected chi connectivity index (χ1v) is 7.24. The maximum atomic E-state index is 9.50. The van der Waals surface area contributed by atoms with Gasteiger partial charge in [0.25, 0.3) is 0 Å². The van der Waals surface area contributed by atoms with Crippen LogP contribution >= 0.6 is 0 Å². The van der Waals surface area contributed by atoms with Crippen LogP contribution in [-0.2, 0) is 6.54 Å². The molecular formula is C17H19N3O. The van der Waals surface area contributed by atoms with Crippen molar-refractivity contribution in [1.29, 1.82) is 0 Å². The van der Waals surface area contributed by atoms with Crippen LogP contribution < -0.4 is 5.32 Å². The van der Waals surface area contributed by atoms with Crippen molar-refractivity contribution in [2.75, 3.05) is 6.54 Å². The number of rotatable bonds is 5. The molecule has 3 N–H and O–H groups in total. The molecule has 0 aliphatic heterocycles. The van der Waals surface area contributed by atoms with Crippen molar-refractivity contribution in [3.8, 4) is 17.0 Å². The lowest BCUT2D eigenvalue weighted by molar-refractivity contribution is 0.476. The first-order valence-electron chi connectivity index (χ1n) is 7.24. The zero-order chi connectivity index (χ0) is 14.7. The van der Waals surface area contributed by atoms with Crippen LogP contribution in [0.4, 0.5) is 0 Å². The second-order valence-corrected chi connectivity index (χ2v) is 5.17. The van der Waals surface area contributed by atoms with Gasteiger partial charge in [0.05, 0.1) is 18.4 Å². The number of fused-ring (bicyclic) bond motifs is 1. The molecule has 0 aliphatic carbocycles. The molecule has 21 heavy (non-hydrogen) atoms. The lowest BCUT2D eigenvalue weighted by Crippen LogP contribution is -2.14. The topological polar surface area (TPSA) is 60.9 Å². The fourth-order valence-corrected chi connectivity index (χ4v) is 2.38. The molecule has 0 amide bonds. The predicted octanol–water partition coefficient (Wildman–Crippen LogP) is 3.44. The Bertz CT molecular complexity index is 749. The first kappa shape index (κ1) is 13.6. The van der Waals surface area contributed by atoms with Crippen molar-refractivity contribution in [3.63, 3.8) is 0 Å². The Morgan fingerprint density at radius 1 is 1.14 bits per heavy atom. The molecule has 2 aromatic carbocycles. The maximum absolute atomic E-state index is 9.50. The summed E-state index contributed by atoms with van der Waals surface area (Å²) in [4.78, 5) is 7.74. The van der Waals surface area contributed by atoms with Crippen LogP contribution in [0.3, 0.4) is 0 Å². The van der Waals surface area contributed by atoms with E-state index in [9.17, 15) is 5.11 Å². The summed E-state index contributed by atoms with van der Waals surface area (Å²) in [5, 5.41) is 15.0. The molecule has 0 atom stereocenters. The number of benzene rings is 2. The van der Waals surface area contributed by atoms with Crippen LogP contribution in [0.5, 0.6) is 5.75 Å². The highest BCUT2D eigenvalue weighted by atomic mass is 16.3. The molecule has 4 nitrogen and oxygen atoms in total. The predicted molar refractivity (Wildman–Crippen MR) is 85.2 cm³/mol. The van der Waals surface area contributed by atoms with Crippen LogP contribution in [0.2, 0.25) is 0 Å². The van der Waals surface area contributed by atoms with Gasteiger partial charge in [-0.25, -0.2) is 4.98 Å². The lowest BCUT2D eigenvalue weighted by Gasteiger charge is -2.03. The number of aromatic amines is 1. The van der Waals surface area contributed by atoms with Crippen LogP contribution in [-0.4, -0.2) is 21.6 Å². The lowest BCUT2D eigenvalue weighted by atomic mass is 10.1. The Labute approximate surface area is 123 Å². The van der Waals surface area contributed by atoms with Crippen LogP contribution in [0.25, 0.3) is 22.0 Å². The van der Waals surface area contributed by atoms with Crippen molar-refractivity contribution in [2.45, 2.75) is 19.9 Å². The van der Waals surface area contributed by atoms with Gasteiger partial charge in [0.1, 0.15) is 11.6 Å². The third-order valence-corrected chi connectivity index (χ3v) is 3.48. The Morgan fingerprint density at radius 3 is 2.81 bits per heavy atom. The number of nitrogens with one attached hydrogen (secondary N) is 2.